The summed E-state index contributed by atoms with van der Waals surface area (Å²) in [4.78, 5) is 8.23. The van der Waals surface area contributed by atoms with Crippen molar-refractivity contribution in [1.29, 1.82) is 0 Å². The monoisotopic (exact) mass is 269 g/mol. The predicted molar refractivity (Wildman–Crippen MR) is 79.0 cm³/mol. The van der Waals surface area contributed by atoms with E-state index < -0.39 is 0 Å². The smallest absolute Gasteiger partial charge is 0.224 e. The number of rotatable bonds is 2. The quantitative estimate of drug-likeness (QED) is 0.704. The van der Waals surface area contributed by atoms with Crippen molar-refractivity contribution in [1.82, 2.24) is 9.97 Å². The molecule has 0 radical (unpaired) electrons. The lowest BCUT2D eigenvalue weighted by Crippen LogP contribution is -1.97. The van der Waals surface area contributed by atoms with Crippen molar-refractivity contribution in [2.45, 2.75) is 6.92 Å². The molecule has 0 aliphatic carbocycles. The summed E-state index contributed by atoms with van der Waals surface area (Å²) in [6.07, 6.45) is 0. The van der Waals surface area contributed by atoms with Crippen LogP contribution in [0.15, 0.2) is 48.5 Å². The molecule has 3 rings (SSSR count). The molecular formula is C15H12ClN3. The van der Waals surface area contributed by atoms with E-state index in [1.54, 1.807) is 0 Å². The first-order valence-corrected chi connectivity index (χ1v) is 6.36. The average molecular weight is 270 g/mol. The molecule has 1 N–H and O–H groups in total. The van der Waals surface area contributed by atoms with Crippen LogP contribution in [0.5, 0.6) is 0 Å². The first-order chi connectivity index (χ1) is 9.22. The van der Waals surface area contributed by atoms with Crippen molar-refractivity contribution in [2.75, 3.05) is 5.32 Å². The van der Waals surface area contributed by atoms with E-state index in [1.165, 1.54) is 5.39 Å². The Morgan fingerprint density at radius 3 is 2.63 bits per heavy atom. The lowest BCUT2D eigenvalue weighted by atomic mass is 10.1. The van der Waals surface area contributed by atoms with E-state index in [1.807, 2.05) is 37.3 Å². The van der Waals surface area contributed by atoms with Gasteiger partial charge < -0.3 is 5.32 Å². The van der Waals surface area contributed by atoms with Crippen LogP contribution in [0.4, 0.5) is 11.5 Å². The van der Waals surface area contributed by atoms with Gasteiger partial charge in [0.1, 0.15) is 5.82 Å². The maximum atomic E-state index is 5.87. The Bertz CT molecular complexity index is 715. The van der Waals surface area contributed by atoms with Crippen molar-refractivity contribution in [2.24, 2.45) is 0 Å². The molecule has 3 aromatic rings. The normalized spacial score (nSPS) is 10.6. The summed E-state index contributed by atoms with van der Waals surface area (Å²) in [6, 6.07) is 16.2. The minimum absolute atomic E-state index is 0.253. The molecule has 94 valence electrons. The molecule has 1 heterocycles. The number of fused-ring (bicyclic) bond motifs is 1. The SMILES string of the molecule is Cc1cc(Nc2cccc3ccccc23)nc(Cl)n1. The Morgan fingerprint density at radius 1 is 1.00 bits per heavy atom. The van der Waals surface area contributed by atoms with E-state index >= 15 is 0 Å². The van der Waals surface area contributed by atoms with Crippen LogP contribution in [0.2, 0.25) is 5.28 Å². The van der Waals surface area contributed by atoms with Gasteiger partial charge in [-0.15, -0.1) is 0 Å². The van der Waals surface area contributed by atoms with Crippen LogP contribution in [-0.4, -0.2) is 9.97 Å². The van der Waals surface area contributed by atoms with Crippen LogP contribution in [0, 0.1) is 6.92 Å². The van der Waals surface area contributed by atoms with E-state index in [2.05, 4.69) is 33.5 Å². The summed E-state index contributed by atoms with van der Waals surface area (Å²) in [6.45, 7) is 1.89. The second kappa shape index (κ2) is 4.86. The Kier molecular flexibility index (Phi) is 3.05. The second-order valence-electron chi connectivity index (χ2n) is 4.32. The van der Waals surface area contributed by atoms with Gasteiger partial charge in [-0.2, -0.15) is 0 Å². The van der Waals surface area contributed by atoms with Gasteiger partial charge in [-0.25, -0.2) is 9.97 Å². The van der Waals surface area contributed by atoms with Gasteiger partial charge in [0.2, 0.25) is 5.28 Å². The average Bonchev–Trinajstić information content (AvgIpc) is 2.38. The van der Waals surface area contributed by atoms with Gasteiger partial charge in [0, 0.05) is 22.8 Å². The molecular weight excluding hydrogens is 258 g/mol. The molecule has 4 heteroatoms. The van der Waals surface area contributed by atoms with Gasteiger partial charge in [-0.3, -0.25) is 0 Å². The summed E-state index contributed by atoms with van der Waals surface area (Å²) >= 11 is 5.87. The third kappa shape index (κ3) is 2.51. The predicted octanol–water partition coefficient (Wildman–Crippen LogP) is 4.34. The Morgan fingerprint density at radius 2 is 1.79 bits per heavy atom. The molecule has 0 aliphatic rings. The minimum Gasteiger partial charge on any atom is -0.340 e. The highest BCUT2D eigenvalue weighted by Crippen LogP contribution is 2.26. The first kappa shape index (κ1) is 11.9. The highest BCUT2D eigenvalue weighted by molar-refractivity contribution is 6.28. The summed E-state index contributed by atoms with van der Waals surface area (Å²) in [7, 11) is 0. The fourth-order valence-corrected chi connectivity index (χ4v) is 2.29. The van der Waals surface area contributed by atoms with E-state index in [-0.39, 0.29) is 5.28 Å². The number of hydrogen-bond donors (Lipinski definition) is 1. The van der Waals surface area contributed by atoms with Gasteiger partial charge in [0.05, 0.1) is 0 Å². The van der Waals surface area contributed by atoms with Gasteiger partial charge in [0.25, 0.3) is 0 Å². The molecule has 3 nitrogen and oxygen atoms in total. The van der Waals surface area contributed by atoms with Crippen LogP contribution in [0.3, 0.4) is 0 Å². The topological polar surface area (TPSA) is 37.8 Å². The standard InChI is InChI=1S/C15H12ClN3/c1-10-9-14(19-15(16)17-10)18-13-8-4-6-11-5-2-3-7-12(11)13/h2-9H,1H3,(H,17,18,19). The number of aryl methyl sites for hydroxylation is 1. The van der Waals surface area contributed by atoms with Crippen molar-refractivity contribution < 1.29 is 0 Å². The van der Waals surface area contributed by atoms with Crippen molar-refractivity contribution >= 4 is 33.9 Å². The van der Waals surface area contributed by atoms with Gasteiger partial charge in [-0.1, -0.05) is 36.4 Å². The Balaban J connectivity index is 2.05. The van der Waals surface area contributed by atoms with Crippen LogP contribution < -0.4 is 5.32 Å². The first-order valence-electron chi connectivity index (χ1n) is 5.98. The van der Waals surface area contributed by atoms with Crippen LogP contribution in [-0.2, 0) is 0 Å². The molecule has 0 fully saturated rings. The number of aromatic nitrogens is 2. The number of anilines is 2. The molecule has 0 bridgehead atoms. The van der Waals surface area contributed by atoms with Crippen LogP contribution in [0.25, 0.3) is 10.8 Å². The molecule has 0 saturated carbocycles. The zero-order chi connectivity index (χ0) is 13.2. The molecule has 2 aromatic carbocycles. The molecule has 0 spiro atoms. The zero-order valence-electron chi connectivity index (χ0n) is 10.4. The van der Waals surface area contributed by atoms with E-state index in [4.69, 9.17) is 11.6 Å². The molecule has 0 atom stereocenters. The third-order valence-electron chi connectivity index (χ3n) is 2.88. The highest BCUT2D eigenvalue weighted by atomic mass is 35.5. The molecule has 0 amide bonds. The molecule has 19 heavy (non-hydrogen) atoms. The van der Waals surface area contributed by atoms with E-state index in [9.17, 15) is 0 Å². The fraction of sp³-hybridized carbons (Fsp3) is 0.0667. The fourth-order valence-electron chi connectivity index (χ4n) is 2.07. The van der Waals surface area contributed by atoms with Gasteiger partial charge >= 0.3 is 0 Å². The number of halogens is 1. The second-order valence-corrected chi connectivity index (χ2v) is 4.65. The van der Waals surface area contributed by atoms with Crippen molar-refractivity contribution in [3.05, 3.63) is 59.5 Å². The van der Waals surface area contributed by atoms with Crippen molar-refractivity contribution in [3.63, 3.8) is 0 Å². The molecule has 1 aromatic heterocycles. The molecule has 0 unspecified atom stereocenters. The van der Waals surface area contributed by atoms with Gasteiger partial charge in [0.15, 0.2) is 0 Å². The molecule has 0 aliphatic heterocycles. The lowest BCUT2D eigenvalue weighted by molar-refractivity contribution is 1.10. The zero-order valence-corrected chi connectivity index (χ0v) is 11.1. The maximum absolute atomic E-state index is 5.87. The largest absolute Gasteiger partial charge is 0.340 e. The van der Waals surface area contributed by atoms with E-state index in [0.29, 0.717) is 5.82 Å². The number of nitrogens with zero attached hydrogens (tertiary/aromatic N) is 2. The highest BCUT2D eigenvalue weighted by Gasteiger charge is 2.03. The third-order valence-corrected chi connectivity index (χ3v) is 3.05. The summed E-state index contributed by atoms with van der Waals surface area (Å²) in [5.41, 5.74) is 1.84. The van der Waals surface area contributed by atoms with Gasteiger partial charge in [-0.05, 0) is 30.0 Å². The minimum atomic E-state index is 0.253. The number of hydrogen-bond acceptors (Lipinski definition) is 3. The molecule has 0 saturated heterocycles. The number of benzene rings is 2. The summed E-state index contributed by atoms with van der Waals surface area (Å²) < 4.78 is 0. The van der Waals surface area contributed by atoms with Crippen LogP contribution in [0.1, 0.15) is 5.69 Å². The maximum Gasteiger partial charge on any atom is 0.224 e. The Hall–Kier alpha value is -2.13. The lowest BCUT2D eigenvalue weighted by Gasteiger charge is -2.09. The Labute approximate surface area is 116 Å². The summed E-state index contributed by atoms with van der Waals surface area (Å²) in [5, 5.41) is 5.88. The van der Waals surface area contributed by atoms with Crippen molar-refractivity contribution in [3.8, 4) is 0 Å². The summed E-state index contributed by atoms with van der Waals surface area (Å²) in [5.74, 6) is 0.703. The number of nitrogens with one attached hydrogen (secondary N) is 1. The van der Waals surface area contributed by atoms with Crippen LogP contribution >= 0.6 is 11.6 Å². The van der Waals surface area contributed by atoms with E-state index in [0.717, 1.165) is 16.8 Å².